The molecule has 0 aromatic heterocycles. The van der Waals surface area contributed by atoms with Crippen molar-refractivity contribution < 1.29 is 23.7 Å². The first kappa shape index (κ1) is 20.0. The van der Waals surface area contributed by atoms with Gasteiger partial charge in [0.2, 0.25) is 5.79 Å². The maximum atomic E-state index is 11.9. The number of rotatable bonds is 4. The molecule has 26 heavy (non-hydrogen) atoms. The second kappa shape index (κ2) is 8.97. The van der Waals surface area contributed by atoms with E-state index >= 15 is 0 Å². The first-order valence-corrected chi connectivity index (χ1v) is 10.2. The van der Waals surface area contributed by atoms with Gasteiger partial charge in [-0.15, -0.1) is 0 Å². The van der Waals surface area contributed by atoms with Crippen LogP contribution in [0.1, 0.15) is 83.5 Å². The molecule has 2 saturated heterocycles. The van der Waals surface area contributed by atoms with Crippen molar-refractivity contribution >= 4 is 0 Å². The van der Waals surface area contributed by atoms with Crippen LogP contribution in [-0.4, -0.2) is 36.8 Å². The molecule has 2 unspecified atom stereocenters. The number of fused-ring (bicyclic) bond motifs is 1. The first-order valence-electron chi connectivity index (χ1n) is 10.2. The quantitative estimate of drug-likeness (QED) is 0.670. The zero-order valence-corrected chi connectivity index (χ0v) is 15.9. The van der Waals surface area contributed by atoms with Crippen LogP contribution in [-0.2, 0) is 19.2 Å². The Kier molecular flexibility index (Phi) is 6.90. The third-order valence-electron chi connectivity index (χ3n) is 6.50. The van der Waals surface area contributed by atoms with E-state index in [4.69, 9.17) is 19.5 Å². The second-order valence-electron chi connectivity index (χ2n) is 8.17. The van der Waals surface area contributed by atoms with Crippen LogP contribution >= 0.6 is 0 Å². The molecule has 4 atom stereocenters. The Labute approximate surface area is 156 Å². The van der Waals surface area contributed by atoms with Crippen LogP contribution in [0.25, 0.3) is 0 Å². The molecule has 0 radical (unpaired) electrons. The highest BCUT2D eigenvalue weighted by Crippen LogP contribution is 2.49. The van der Waals surface area contributed by atoms with Gasteiger partial charge < -0.3 is 14.2 Å². The van der Waals surface area contributed by atoms with Gasteiger partial charge in [0.1, 0.15) is 0 Å². The summed E-state index contributed by atoms with van der Waals surface area (Å²) in [6.07, 6.45) is 14.1. The summed E-state index contributed by atoms with van der Waals surface area (Å²) in [4.78, 5) is 3.81. The van der Waals surface area contributed by atoms with E-state index in [1.807, 2.05) is 0 Å². The van der Waals surface area contributed by atoms with Gasteiger partial charge in [0, 0.05) is 32.8 Å². The Morgan fingerprint density at radius 2 is 1.92 bits per heavy atom. The minimum absolute atomic E-state index is 0.0291. The largest absolute Gasteiger partial charge is 0.372 e. The Morgan fingerprint density at radius 3 is 2.58 bits per heavy atom. The summed E-state index contributed by atoms with van der Waals surface area (Å²) in [7, 11) is 1.49. The zero-order valence-electron chi connectivity index (χ0n) is 15.9. The fourth-order valence-electron chi connectivity index (χ4n) is 5.06. The topological polar surface area (TPSA) is 60.7 Å². The molecule has 148 valence electrons. The third kappa shape index (κ3) is 4.39. The molecule has 1 spiro atoms. The molecular weight excluding hydrogens is 337 g/mol. The third-order valence-corrected chi connectivity index (χ3v) is 6.50. The standard InChI is InChI=1S/C13H19NO2.C7H13FO2/c14-8-2-4-10-5-6-12-13(16-10)7-1-3-11(9-13)15-12;1-9-7(10-8)5-3-2-4-6-7/h10-12H,1-7,9H2;2-6H2,1H3/t10-,11?,12?,13-;/m0./s1. The minimum atomic E-state index is -0.905. The lowest BCUT2D eigenvalue weighted by atomic mass is 9.78. The molecule has 4 rings (SSSR count). The Morgan fingerprint density at radius 1 is 1.12 bits per heavy atom. The molecule has 6 heteroatoms. The van der Waals surface area contributed by atoms with Crippen molar-refractivity contribution in [2.24, 2.45) is 0 Å². The second-order valence-corrected chi connectivity index (χ2v) is 8.17. The summed E-state index contributed by atoms with van der Waals surface area (Å²) in [6, 6.07) is 2.22. The zero-order chi connectivity index (χ0) is 18.5. The van der Waals surface area contributed by atoms with E-state index in [0.717, 1.165) is 51.4 Å². The molecule has 4 aliphatic rings. The van der Waals surface area contributed by atoms with E-state index in [9.17, 15) is 4.53 Å². The van der Waals surface area contributed by atoms with Crippen LogP contribution in [0.4, 0.5) is 4.53 Å². The lowest BCUT2D eigenvalue weighted by molar-refractivity contribution is -0.347. The van der Waals surface area contributed by atoms with Crippen LogP contribution in [0.5, 0.6) is 0 Å². The fraction of sp³-hybridized carbons (Fsp3) is 0.950. The van der Waals surface area contributed by atoms with Crippen LogP contribution in [0, 0.1) is 11.3 Å². The van der Waals surface area contributed by atoms with Crippen LogP contribution in [0.15, 0.2) is 0 Å². The number of methoxy groups -OCH3 is 1. The van der Waals surface area contributed by atoms with Gasteiger partial charge in [-0.05, 0) is 55.9 Å². The molecule has 0 aromatic carbocycles. The number of hydrogen-bond acceptors (Lipinski definition) is 5. The van der Waals surface area contributed by atoms with Gasteiger partial charge >= 0.3 is 0 Å². The van der Waals surface area contributed by atoms with Gasteiger partial charge in [-0.1, -0.05) is 6.42 Å². The molecule has 0 amide bonds. The summed E-state index contributed by atoms with van der Waals surface area (Å²) in [6.45, 7) is 0. The van der Waals surface area contributed by atoms with Crippen molar-refractivity contribution in [2.75, 3.05) is 7.11 Å². The van der Waals surface area contributed by atoms with Crippen molar-refractivity contribution in [2.45, 2.75) is 113 Å². The Balaban J connectivity index is 0.000000170. The van der Waals surface area contributed by atoms with Gasteiger partial charge in [-0.25, -0.2) is 0 Å². The molecule has 5 nitrogen and oxygen atoms in total. The summed E-state index contributed by atoms with van der Waals surface area (Å²) in [5, 5.41) is 8.63. The number of nitriles is 1. The SMILES string of the molecule is COC1(OF)CCCCC1.N#CCC[C@H]1CCC2OC3CCC[C@@]2(C3)O1. The smallest absolute Gasteiger partial charge is 0.206 e. The average Bonchev–Trinajstić information content (AvgIpc) is 2.95. The van der Waals surface area contributed by atoms with E-state index in [1.165, 1.54) is 20.0 Å². The first-order chi connectivity index (χ1) is 12.7. The number of ether oxygens (including phenoxy) is 3. The van der Waals surface area contributed by atoms with E-state index in [1.54, 1.807) is 0 Å². The monoisotopic (exact) mass is 369 g/mol. The summed E-state index contributed by atoms with van der Waals surface area (Å²) >= 11 is 0. The number of halogens is 1. The van der Waals surface area contributed by atoms with E-state index in [2.05, 4.69) is 11.0 Å². The lowest BCUT2D eigenvalue weighted by Crippen LogP contribution is -2.48. The average molecular weight is 369 g/mol. The predicted molar refractivity (Wildman–Crippen MR) is 93.8 cm³/mol. The highest BCUT2D eigenvalue weighted by atomic mass is 19.3. The molecule has 2 heterocycles. The maximum absolute atomic E-state index is 11.9. The molecule has 0 N–H and O–H groups in total. The maximum Gasteiger partial charge on any atom is 0.206 e. The van der Waals surface area contributed by atoms with Crippen molar-refractivity contribution in [1.82, 2.24) is 0 Å². The van der Waals surface area contributed by atoms with Crippen LogP contribution in [0.3, 0.4) is 0 Å². The molecule has 2 aliphatic carbocycles. The van der Waals surface area contributed by atoms with Crippen molar-refractivity contribution in [1.29, 1.82) is 5.26 Å². The molecular formula is C20H32FNO4. The molecule has 2 saturated carbocycles. The van der Waals surface area contributed by atoms with E-state index in [-0.39, 0.29) is 5.60 Å². The molecule has 4 fully saturated rings. The van der Waals surface area contributed by atoms with Crippen LogP contribution < -0.4 is 0 Å². The van der Waals surface area contributed by atoms with Gasteiger partial charge in [0.05, 0.1) is 30.0 Å². The van der Waals surface area contributed by atoms with Gasteiger partial charge in [-0.2, -0.15) is 10.2 Å². The summed E-state index contributed by atoms with van der Waals surface area (Å²) in [5.41, 5.74) is 0.0291. The Hall–Kier alpha value is -0.740. The highest BCUT2D eigenvalue weighted by Gasteiger charge is 2.54. The van der Waals surface area contributed by atoms with E-state index in [0.29, 0.717) is 37.6 Å². The van der Waals surface area contributed by atoms with Crippen molar-refractivity contribution in [3.63, 3.8) is 0 Å². The fourth-order valence-corrected chi connectivity index (χ4v) is 5.06. The van der Waals surface area contributed by atoms with Gasteiger partial charge in [0.15, 0.2) is 0 Å². The van der Waals surface area contributed by atoms with Crippen molar-refractivity contribution in [3.8, 4) is 6.07 Å². The Bertz CT molecular complexity index is 485. The highest BCUT2D eigenvalue weighted by molar-refractivity contribution is 5.04. The number of hydrogen-bond donors (Lipinski definition) is 0. The molecule has 2 aliphatic heterocycles. The minimum Gasteiger partial charge on any atom is -0.372 e. The van der Waals surface area contributed by atoms with Crippen LogP contribution in [0.2, 0.25) is 0 Å². The lowest BCUT2D eigenvalue weighted by Gasteiger charge is -2.42. The predicted octanol–water partition coefficient (Wildman–Crippen LogP) is 4.74. The van der Waals surface area contributed by atoms with E-state index < -0.39 is 5.79 Å². The normalized spacial score (nSPS) is 37.8. The summed E-state index contributed by atoms with van der Waals surface area (Å²) in [5.74, 6) is -0.905. The number of nitrogens with zero attached hydrogens (tertiary/aromatic N) is 1. The molecule has 0 aromatic rings. The van der Waals surface area contributed by atoms with Crippen molar-refractivity contribution in [3.05, 3.63) is 0 Å². The van der Waals surface area contributed by atoms with Gasteiger partial charge in [-0.3, -0.25) is 0 Å². The van der Waals surface area contributed by atoms with Gasteiger partial charge in [0.25, 0.3) is 0 Å². The molecule has 2 bridgehead atoms. The summed E-state index contributed by atoms with van der Waals surface area (Å²) < 4.78 is 29.2.